The number of H-pyrrole nitrogens is 1. The minimum atomic E-state index is -0.407. The molecular weight excluding hydrogens is 481 g/mol. The molecule has 0 fully saturated rings. The summed E-state index contributed by atoms with van der Waals surface area (Å²) in [6.07, 6.45) is 0. The van der Waals surface area contributed by atoms with Gasteiger partial charge in [-0.3, -0.25) is 5.10 Å². The number of carbonyl (C=O) groups is 1. The monoisotopic (exact) mass is 501 g/mol. The molecule has 2 N–H and O–H groups in total. The zero-order valence-corrected chi connectivity index (χ0v) is 18.7. The van der Waals surface area contributed by atoms with E-state index in [0.717, 1.165) is 16.5 Å². The van der Waals surface area contributed by atoms with Gasteiger partial charge in [0.25, 0.3) is 0 Å². The standard InChI is InChI=1S/C18H21ClIN5O2/c1-18(2,3)10-6-9-12(7-11(10)19)23-24-16(9)21-8-13-22-15(20)14(25(13)4)17(26)27-5/h6-7H,8H2,1-5H3,(H2,21,23,24). The number of aromatic amines is 1. The quantitative estimate of drug-likeness (QED) is 0.412. The average Bonchev–Trinajstić information content (AvgIpc) is 3.10. The lowest BCUT2D eigenvalue weighted by atomic mass is 9.86. The van der Waals surface area contributed by atoms with Gasteiger partial charge in [0.2, 0.25) is 0 Å². The molecule has 3 rings (SSSR count). The van der Waals surface area contributed by atoms with Gasteiger partial charge in [-0.25, -0.2) is 9.78 Å². The van der Waals surface area contributed by atoms with Crippen molar-refractivity contribution in [3.63, 3.8) is 0 Å². The minimum Gasteiger partial charge on any atom is -0.464 e. The van der Waals surface area contributed by atoms with Crippen molar-refractivity contribution in [1.82, 2.24) is 19.7 Å². The van der Waals surface area contributed by atoms with Crippen LogP contribution in [-0.4, -0.2) is 32.8 Å². The molecule has 0 aliphatic carbocycles. The van der Waals surface area contributed by atoms with Gasteiger partial charge >= 0.3 is 5.97 Å². The molecule has 0 amide bonds. The number of esters is 1. The van der Waals surface area contributed by atoms with E-state index in [4.69, 9.17) is 16.3 Å². The van der Waals surface area contributed by atoms with Gasteiger partial charge in [0.15, 0.2) is 11.5 Å². The van der Waals surface area contributed by atoms with Crippen LogP contribution in [0, 0.1) is 3.70 Å². The second kappa shape index (κ2) is 7.31. The molecule has 1 aromatic carbocycles. The second-order valence-electron chi connectivity index (χ2n) is 7.27. The third kappa shape index (κ3) is 3.77. The van der Waals surface area contributed by atoms with E-state index in [0.29, 0.717) is 32.6 Å². The van der Waals surface area contributed by atoms with Crippen LogP contribution in [0.3, 0.4) is 0 Å². The van der Waals surface area contributed by atoms with Crippen molar-refractivity contribution in [3.05, 3.63) is 37.9 Å². The number of halogens is 2. The summed E-state index contributed by atoms with van der Waals surface area (Å²) in [7, 11) is 3.15. The molecule has 7 nitrogen and oxygen atoms in total. The molecule has 0 atom stereocenters. The lowest BCUT2D eigenvalue weighted by Crippen LogP contribution is -2.13. The van der Waals surface area contributed by atoms with Crippen molar-refractivity contribution in [3.8, 4) is 0 Å². The predicted molar refractivity (Wildman–Crippen MR) is 114 cm³/mol. The maximum atomic E-state index is 11.9. The lowest BCUT2D eigenvalue weighted by molar-refractivity contribution is 0.0588. The van der Waals surface area contributed by atoms with Gasteiger partial charge in [0.05, 0.1) is 19.2 Å². The zero-order chi connectivity index (χ0) is 19.9. The Morgan fingerprint density at radius 1 is 1.41 bits per heavy atom. The maximum Gasteiger partial charge on any atom is 0.357 e. The molecule has 0 saturated carbocycles. The first kappa shape index (κ1) is 19.9. The van der Waals surface area contributed by atoms with Gasteiger partial charge in [-0.15, -0.1) is 0 Å². The van der Waals surface area contributed by atoms with Crippen LogP contribution in [0.5, 0.6) is 0 Å². The number of anilines is 1. The van der Waals surface area contributed by atoms with Gasteiger partial charge in [0.1, 0.15) is 9.53 Å². The Bertz CT molecular complexity index is 1020. The normalized spacial score (nSPS) is 11.8. The van der Waals surface area contributed by atoms with Gasteiger partial charge in [-0.05, 0) is 45.7 Å². The number of methoxy groups -OCH3 is 1. The molecule has 0 aliphatic rings. The molecule has 0 radical (unpaired) electrons. The fourth-order valence-corrected chi connectivity index (χ4v) is 4.20. The second-order valence-corrected chi connectivity index (χ2v) is 8.70. The summed E-state index contributed by atoms with van der Waals surface area (Å²) in [5.74, 6) is 1.01. The average molecular weight is 502 g/mol. The molecule has 0 aliphatic heterocycles. The van der Waals surface area contributed by atoms with Crippen molar-refractivity contribution >= 4 is 56.9 Å². The molecule has 0 saturated heterocycles. The Kier molecular flexibility index (Phi) is 5.40. The van der Waals surface area contributed by atoms with E-state index in [1.165, 1.54) is 7.11 Å². The fourth-order valence-electron chi connectivity index (χ4n) is 2.89. The molecule has 2 heterocycles. The number of aromatic nitrogens is 4. The number of hydrogen-bond donors (Lipinski definition) is 2. The van der Waals surface area contributed by atoms with E-state index in [-0.39, 0.29) is 5.41 Å². The van der Waals surface area contributed by atoms with E-state index in [2.05, 4.69) is 47.3 Å². The first-order valence-electron chi connectivity index (χ1n) is 8.35. The molecule has 0 bridgehead atoms. The number of rotatable bonds is 4. The van der Waals surface area contributed by atoms with E-state index in [9.17, 15) is 4.79 Å². The lowest BCUT2D eigenvalue weighted by Gasteiger charge is -2.20. The van der Waals surface area contributed by atoms with E-state index in [1.807, 2.05) is 28.7 Å². The Hall–Kier alpha value is -1.81. The SMILES string of the molecule is COC(=O)c1c(I)nc(CNc2n[nH]c3cc(Cl)c(C(C)(C)C)cc23)n1C. The molecular formula is C18H21ClIN5O2. The maximum absolute atomic E-state index is 11.9. The molecule has 144 valence electrons. The third-order valence-corrected chi connectivity index (χ3v) is 5.46. The number of fused-ring (bicyclic) bond motifs is 1. The first-order chi connectivity index (χ1) is 12.6. The number of carbonyl (C=O) groups excluding carboxylic acids is 1. The zero-order valence-electron chi connectivity index (χ0n) is 15.8. The highest BCUT2D eigenvalue weighted by atomic mass is 127. The molecule has 3 aromatic rings. The Balaban J connectivity index is 1.91. The van der Waals surface area contributed by atoms with Crippen molar-refractivity contribution < 1.29 is 9.53 Å². The number of imidazole rings is 1. The van der Waals surface area contributed by atoms with Crippen LogP contribution in [0.2, 0.25) is 5.02 Å². The van der Waals surface area contributed by atoms with Crippen LogP contribution < -0.4 is 5.32 Å². The van der Waals surface area contributed by atoms with Crippen LogP contribution in [0.15, 0.2) is 12.1 Å². The Morgan fingerprint density at radius 3 is 2.74 bits per heavy atom. The van der Waals surface area contributed by atoms with Crippen LogP contribution >= 0.6 is 34.2 Å². The van der Waals surface area contributed by atoms with Crippen LogP contribution in [0.25, 0.3) is 10.9 Å². The summed E-state index contributed by atoms with van der Waals surface area (Å²) < 4.78 is 7.15. The van der Waals surface area contributed by atoms with E-state index in [1.54, 1.807) is 11.6 Å². The largest absolute Gasteiger partial charge is 0.464 e. The molecule has 2 aromatic heterocycles. The number of nitrogens with one attached hydrogen (secondary N) is 2. The predicted octanol–water partition coefficient (Wildman–Crippen LogP) is 4.25. The number of benzene rings is 1. The highest BCUT2D eigenvalue weighted by Crippen LogP contribution is 2.34. The van der Waals surface area contributed by atoms with Gasteiger partial charge < -0.3 is 14.6 Å². The topological polar surface area (TPSA) is 84.8 Å². The highest BCUT2D eigenvalue weighted by Gasteiger charge is 2.22. The first-order valence-corrected chi connectivity index (χ1v) is 9.80. The molecule has 0 spiro atoms. The fraction of sp³-hybridized carbons (Fsp3) is 0.389. The van der Waals surface area contributed by atoms with Crippen molar-refractivity contribution in [2.75, 3.05) is 12.4 Å². The third-order valence-electron chi connectivity index (χ3n) is 4.40. The number of hydrogen-bond acceptors (Lipinski definition) is 5. The molecule has 9 heteroatoms. The summed E-state index contributed by atoms with van der Waals surface area (Å²) in [5.41, 5.74) is 2.27. The van der Waals surface area contributed by atoms with Crippen molar-refractivity contribution in [1.29, 1.82) is 0 Å². The summed E-state index contributed by atoms with van der Waals surface area (Å²) >= 11 is 8.46. The van der Waals surface area contributed by atoms with Crippen LogP contribution in [0.4, 0.5) is 5.82 Å². The van der Waals surface area contributed by atoms with Gasteiger partial charge in [-0.1, -0.05) is 32.4 Å². The number of nitrogens with zero attached hydrogens (tertiary/aromatic N) is 3. The number of ether oxygens (including phenoxy) is 1. The van der Waals surface area contributed by atoms with Crippen molar-refractivity contribution in [2.45, 2.75) is 32.7 Å². The molecule has 27 heavy (non-hydrogen) atoms. The minimum absolute atomic E-state index is 0.0784. The summed E-state index contributed by atoms with van der Waals surface area (Å²) in [6.45, 7) is 6.78. The molecule has 0 unspecified atom stereocenters. The smallest absolute Gasteiger partial charge is 0.357 e. The Morgan fingerprint density at radius 2 is 2.11 bits per heavy atom. The van der Waals surface area contributed by atoms with Gasteiger partial charge in [0, 0.05) is 17.5 Å². The van der Waals surface area contributed by atoms with Crippen LogP contribution in [-0.2, 0) is 23.7 Å². The van der Waals surface area contributed by atoms with Crippen molar-refractivity contribution in [2.24, 2.45) is 7.05 Å². The van der Waals surface area contributed by atoms with E-state index >= 15 is 0 Å². The van der Waals surface area contributed by atoms with Crippen LogP contribution in [0.1, 0.15) is 42.6 Å². The summed E-state index contributed by atoms with van der Waals surface area (Å²) in [4.78, 5) is 16.4. The summed E-state index contributed by atoms with van der Waals surface area (Å²) in [5, 5.41) is 12.3. The highest BCUT2D eigenvalue weighted by molar-refractivity contribution is 14.1. The van der Waals surface area contributed by atoms with Gasteiger partial charge in [-0.2, -0.15) is 5.10 Å². The summed E-state index contributed by atoms with van der Waals surface area (Å²) in [6, 6.07) is 3.96. The Labute approximate surface area is 176 Å². The van der Waals surface area contributed by atoms with E-state index < -0.39 is 5.97 Å².